The average molecular weight is 250 g/mol. The van der Waals surface area contributed by atoms with E-state index in [1.807, 2.05) is 12.1 Å². The lowest BCUT2D eigenvalue weighted by Gasteiger charge is -2.28. The lowest BCUT2D eigenvalue weighted by Crippen LogP contribution is -2.31. The number of hydrogen-bond acceptors (Lipinski definition) is 4. The summed E-state index contributed by atoms with van der Waals surface area (Å²) in [4.78, 5) is 15.1. The molecule has 1 saturated carbocycles. The summed E-state index contributed by atoms with van der Waals surface area (Å²) in [5.74, 6) is -0.381. The van der Waals surface area contributed by atoms with Crippen LogP contribution in [0.4, 0.5) is 5.69 Å². The second-order valence-corrected chi connectivity index (χ2v) is 4.60. The lowest BCUT2D eigenvalue weighted by molar-refractivity contribution is -0.142. The molecule has 2 rings (SSSR count). The molecule has 0 radical (unpaired) electrons. The number of nitrogens with one attached hydrogen (secondary N) is 1. The molecule has 2 unspecified atom stereocenters. The normalized spacial score (nSPS) is 23.4. The molecule has 0 aromatic carbocycles. The number of aromatic nitrogens is 1. The van der Waals surface area contributed by atoms with Crippen LogP contribution in [0, 0.1) is 5.92 Å². The third-order valence-electron chi connectivity index (χ3n) is 3.35. The maximum absolute atomic E-state index is 11.0. The fraction of sp³-hybridized carbons (Fsp3) is 0.538. The van der Waals surface area contributed by atoms with Gasteiger partial charge in [0.05, 0.1) is 18.7 Å². The van der Waals surface area contributed by atoms with Gasteiger partial charge in [0, 0.05) is 12.2 Å². The van der Waals surface area contributed by atoms with Crippen LogP contribution in [0.1, 0.15) is 25.7 Å². The van der Waals surface area contributed by atoms with E-state index < -0.39 is 5.97 Å². The van der Waals surface area contributed by atoms with Crippen LogP contribution in [-0.4, -0.2) is 29.2 Å². The summed E-state index contributed by atoms with van der Waals surface area (Å²) in [7, 11) is 1.58. The number of rotatable bonds is 4. The van der Waals surface area contributed by atoms with Gasteiger partial charge in [0.2, 0.25) is 5.88 Å². The first-order chi connectivity index (χ1) is 8.70. The van der Waals surface area contributed by atoms with Gasteiger partial charge in [0.25, 0.3) is 0 Å². The molecule has 18 heavy (non-hydrogen) atoms. The van der Waals surface area contributed by atoms with E-state index in [2.05, 4.69) is 10.3 Å². The smallest absolute Gasteiger partial charge is 0.306 e. The number of anilines is 1. The number of carboxylic acids is 1. The molecule has 1 aromatic rings. The van der Waals surface area contributed by atoms with Crippen LogP contribution in [0.15, 0.2) is 18.3 Å². The number of nitrogens with zero attached hydrogens (tertiary/aromatic N) is 1. The minimum atomic E-state index is -0.695. The lowest BCUT2D eigenvalue weighted by atomic mass is 9.86. The van der Waals surface area contributed by atoms with Crippen LogP contribution in [0.25, 0.3) is 0 Å². The zero-order valence-electron chi connectivity index (χ0n) is 10.4. The Morgan fingerprint density at radius 2 is 2.39 bits per heavy atom. The molecule has 1 aromatic heterocycles. The van der Waals surface area contributed by atoms with Crippen molar-refractivity contribution in [2.45, 2.75) is 31.7 Å². The van der Waals surface area contributed by atoms with E-state index in [0.717, 1.165) is 24.9 Å². The molecule has 5 nitrogen and oxygen atoms in total. The van der Waals surface area contributed by atoms with Crippen LogP contribution in [0.3, 0.4) is 0 Å². The van der Waals surface area contributed by atoms with Crippen molar-refractivity contribution < 1.29 is 14.6 Å². The first kappa shape index (κ1) is 12.7. The van der Waals surface area contributed by atoms with Crippen LogP contribution in [-0.2, 0) is 4.79 Å². The van der Waals surface area contributed by atoms with Crippen LogP contribution in [0.2, 0.25) is 0 Å². The molecule has 1 aliphatic carbocycles. The molecule has 0 aliphatic heterocycles. The fourth-order valence-corrected chi connectivity index (χ4v) is 2.43. The summed E-state index contributed by atoms with van der Waals surface area (Å²) in [5, 5.41) is 12.4. The van der Waals surface area contributed by atoms with Crippen molar-refractivity contribution >= 4 is 11.7 Å². The molecule has 0 saturated heterocycles. The largest absolute Gasteiger partial charge is 0.481 e. The van der Waals surface area contributed by atoms with Gasteiger partial charge in [-0.3, -0.25) is 4.79 Å². The summed E-state index contributed by atoms with van der Waals surface area (Å²) in [6.45, 7) is 0. The van der Waals surface area contributed by atoms with E-state index in [4.69, 9.17) is 9.84 Å². The van der Waals surface area contributed by atoms with Crippen molar-refractivity contribution in [3.8, 4) is 5.88 Å². The van der Waals surface area contributed by atoms with Gasteiger partial charge in [-0.15, -0.1) is 0 Å². The third-order valence-corrected chi connectivity index (χ3v) is 3.35. The minimum Gasteiger partial charge on any atom is -0.481 e. The van der Waals surface area contributed by atoms with E-state index in [9.17, 15) is 4.79 Å². The number of carbonyl (C=O) groups is 1. The molecule has 2 N–H and O–H groups in total. The molecule has 98 valence electrons. The van der Waals surface area contributed by atoms with Crippen LogP contribution in [0.5, 0.6) is 5.88 Å². The van der Waals surface area contributed by atoms with Crippen molar-refractivity contribution in [3.05, 3.63) is 18.3 Å². The fourth-order valence-electron chi connectivity index (χ4n) is 2.43. The molecule has 0 amide bonds. The molecule has 1 fully saturated rings. The van der Waals surface area contributed by atoms with E-state index in [0.29, 0.717) is 12.3 Å². The Balaban J connectivity index is 2.02. The number of pyridine rings is 1. The molecule has 0 spiro atoms. The Kier molecular flexibility index (Phi) is 4.02. The number of ether oxygens (including phenoxy) is 1. The highest BCUT2D eigenvalue weighted by atomic mass is 16.5. The van der Waals surface area contributed by atoms with Gasteiger partial charge in [-0.25, -0.2) is 4.98 Å². The highest BCUT2D eigenvalue weighted by Crippen LogP contribution is 2.29. The quantitative estimate of drug-likeness (QED) is 0.856. The maximum Gasteiger partial charge on any atom is 0.306 e. The Morgan fingerprint density at radius 3 is 3.11 bits per heavy atom. The van der Waals surface area contributed by atoms with Crippen molar-refractivity contribution in [2.75, 3.05) is 12.4 Å². The average Bonchev–Trinajstić information content (AvgIpc) is 2.39. The zero-order valence-corrected chi connectivity index (χ0v) is 10.4. The predicted octanol–water partition coefficient (Wildman–Crippen LogP) is 2.15. The first-order valence-corrected chi connectivity index (χ1v) is 6.19. The van der Waals surface area contributed by atoms with Crippen molar-refractivity contribution in [1.29, 1.82) is 0 Å². The van der Waals surface area contributed by atoms with Gasteiger partial charge in [-0.1, -0.05) is 6.42 Å². The summed E-state index contributed by atoms with van der Waals surface area (Å²) < 4.78 is 5.17. The monoisotopic (exact) mass is 250 g/mol. The zero-order chi connectivity index (χ0) is 13.0. The number of aliphatic carboxylic acids is 1. The topological polar surface area (TPSA) is 71.5 Å². The van der Waals surface area contributed by atoms with Gasteiger partial charge in [0.15, 0.2) is 0 Å². The second kappa shape index (κ2) is 5.71. The number of carboxylic acid groups (broad SMARTS) is 1. The van der Waals surface area contributed by atoms with E-state index in [1.54, 1.807) is 13.3 Å². The van der Waals surface area contributed by atoms with Crippen molar-refractivity contribution in [1.82, 2.24) is 4.98 Å². The molecular formula is C13H18N2O3. The highest BCUT2D eigenvalue weighted by molar-refractivity contribution is 5.70. The van der Waals surface area contributed by atoms with Gasteiger partial charge in [-0.2, -0.15) is 0 Å². The summed E-state index contributed by atoms with van der Waals surface area (Å²) in [5.41, 5.74) is 0.830. The van der Waals surface area contributed by atoms with E-state index in [1.165, 1.54) is 0 Å². The highest BCUT2D eigenvalue weighted by Gasteiger charge is 2.27. The first-order valence-electron chi connectivity index (χ1n) is 6.19. The third kappa shape index (κ3) is 2.91. The minimum absolute atomic E-state index is 0.179. The van der Waals surface area contributed by atoms with Crippen LogP contribution < -0.4 is 10.1 Å². The Hall–Kier alpha value is -1.78. The number of hydrogen-bond donors (Lipinski definition) is 2. The maximum atomic E-state index is 11.0. The molecule has 1 aliphatic rings. The SMILES string of the molecule is COc1ncccc1NC1CCCC(C(=O)O)C1. The van der Waals surface area contributed by atoms with Crippen molar-refractivity contribution in [2.24, 2.45) is 5.92 Å². The van der Waals surface area contributed by atoms with E-state index >= 15 is 0 Å². The Morgan fingerprint density at radius 1 is 1.56 bits per heavy atom. The number of methoxy groups -OCH3 is 1. The van der Waals surface area contributed by atoms with E-state index in [-0.39, 0.29) is 12.0 Å². The molecular weight excluding hydrogens is 232 g/mol. The molecule has 0 bridgehead atoms. The standard InChI is InChI=1S/C13H18N2O3/c1-18-12-11(6-3-7-14-12)15-10-5-2-4-9(8-10)13(16)17/h3,6-7,9-10,15H,2,4-5,8H2,1H3,(H,16,17). The Labute approximate surface area is 106 Å². The molecule has 5 heteroatoms. The Bertz CT molecular complexity index is 422. The van der Waals surface area contributed by atoms with Crippen molar-refractivity contribution in [3.63, 3.8) is 0 Å². The van der Waals surface area contributed by atoms with Crippen LogP contribution >= 0.6 is 0 Å². The van der Waals surface area contributed by atoms with Gasteiger partial charge >= 0.3 is 5.97 Å². The molecule has 2 atom stereocenters. The summed E-state index contributed by atoms with van der Waals surface area (Å²) in [6, 6.07) is 3.91. The van der Waals surface area contributed by atoms with Gasteiger partial charge in [0.1, 0.15) is 0 Å². The predicted molar refractivity (Wildman–Crippen MR) is 67.8 cm³/mol. The summed E-state index contributed by atoms with van der Waals surface area (Å²) in [6.07, 6.45) is 5.04. The summed E-state index contributed by atoms with van der Waals surface area (Å²) >= 11 is 0. The van der Waals surface area contributed by atoms with Gasteiger partial charge < -0.3 is 15.2 Å². The van der Waals surface area contributed by atoms with Gasteiger partial charge in [-0.05, 0) is 31.4 Å². The molecule has 1 heterocycles. The second-order valence-electron chi connectivity index (χ2n) is 4.60.